The van der Waals surface area contributed by atoms with E-state index >= 15 is 0 Å². The van der Waals surface area contributed by atoms with Crippen molar-refractivity contribution in [2.75, 3.05) is 13.1 Å². The van der Waals surface area contributed by atoms with Gasteiger partial charge < -0.3 is 9.84 Å². The van der Waals surface area contributed by atoms with Crippen molar-refractivity contribution in [3.63, 3.8) is 0 Å². The minimum Gasteiger partial charge on any atom is -0.457 e. The highest BCUT2D eigenvalue weighted by atomic mass is 16.5. The molecule has 3 atom stereocenters. The highest BCUT2D eigenvalue weighted by Gasteiger charge is 2.35. The zero-order valence-corrected chi connectivity index (χ0v) is 12.3. The number of likely N-dealkylation sites (tertiary alicyclic amines) is 1. The number of rotatable bonds is 3. The van der Waals surface area contributed by atoms with Gasteiger partial charge in [0.2, 0.25) is 0 Å². The average Bonchev–Trinajstić information content (AvgIpc) is 2.97. The highest BCUT2D eigenvalue weighted by molar-refractivity contribution is 5.89. The Morgan fingerprint density at radius 3 is 2.67 bits per heavy atom. The van der Waals surface area contributed by atoms with Crippen molar-refractivity contribution in [2.45, 2.75) is 50.4 Å². The Morgan fingerprint density at radius 1 is 1.14 bits per heavy atom. The third-order valence-corrected chi connectivity index (χ3v) is 4.62. The molecule has 1 aliphatic heterocycles. The number of aliphatic hydroxyl groups is 1. The lowest BCUT2D eigenvalue weighted by Crippen LogP contribution is -2.44. The Kier molecular flexibility index (Phi) is 4.56. The Bertz CT molecular complexity index is 476. The third kappa shape index (κ3) is 3.44. The van der Waals surface area contributed by atoms with E-state index in [1.54, 1.807) is 12.1 Å². The van der Waals surface area contributed by atoms with Crippen LogP contribution in [0.15, 0.2) is 30.3 Å². The number of carbonyl (C=O) groups is 1. The second-order valence-electron chi connectivity index (χ2n) is 6.10. The molecule has 1 aromatic rings. The minimum atomic E-state index is -0.244. The SMILES string of the molecule is O=C(O[C@@H]1CCN([C@@H]2CCCC[C@@H]2O)C1)c1ccccc1. The number of aliphatic hydroxyl groups excluding tert-OH is 1. The van der Waals surface area contributed by atoms with Gasteiger partial charge in [-0.15, -0.1) is 0 Å². The van der Waals surface area contributed by atoms with E-state index in [0.29, 0.717) is 5.56 Å². The predicted octanol–water partition coefficient (Wildman–Crippen LogP) is 2.22. The molecular formula is C17H23NO3. The first-order chi connectivity index (χ1) is 10.2. The van der Waals surface area contributed by atoms with E-state index in [-0.39, 0.29) is 24.2 Å². The lowest BCUT2D eigenvalue weighted by atomic mass is 9.91. The first-order valence-corrected chi connectivity index (χ1v) is 7.92. The molecule has 0 spiro atoms. The van der Waals surface area contributed by atoms with Crippen molar-refractivity contribution in [2.24, 2.45) is 0 Å². The zero-order valence-electron chi connectivity index (χ0n) is 12.3. The van der Waals surface area contributed by atoms with Crippen molar-refractivity contribution in [3.8, 4) is 0 Å². The summed E-state index contributed by atoms with van der Waals surface area (Å²) in [5.41, 5.74) is 0.605. The number of nitrogens with zero attached hydrogens (tertiary/aromatic N) is 1. The fourth-order valence-corrected chi connectivity index (χ4v) is 3.46. The van der Waals surface area contributed by atoms with Gasteiger partial charge in [-0.25, -0.2) is 4.79 Å². The molecule has 114 valence electrons. The summed E-state index contributed by atoms with van der Waals surface area (Å²) in [6.45, 7) is 1.66. The lowest BCUT2D eigenvalue weighted by Gasteiger charge is -2.35. The summed E-state index contributed by atoms with van der Waals surface area (Å²) in [6, 6.07) is 9.38. The number of ether oxygens (including phenoxy) is 1. The van der Waals surface area contributed by atoms with Crippen LogP contribution in [0.4, 0.5) is 0 Å². The summed E-state index contributed by atoms with van der Waals surface area (Å²) >= 11 is 0. The van der Waals surface area contributed by atoms with E-state index < -0.39 is 0 Å². The van der Waals surface area contributed by atoms with E-state index in [1.807, 2.05) is 18.2 Å². The van der Waals surface area contributed by atoms with Crippen LogP contribution >= 0.6 is 0 Å². The second-order valence-corrected chi connectivity index (χ2v) is 6.10. The first-order valence-electron chi connectivity index (χ1n) is 7.92. The van der Waals surface area contributed by atoms with Crippen LogP contribution in [0.3, 0.4) is 0 Å². The summed E-state index contributed by atoms with van der Waals surface area (Å²) in [5.74, 6) is -0.244. The molecule has 1 aromatic carbocycles. The maximum atomic E-state index is 12.1. The summed E-state index contributed by atoms with van der Waals surface area (Å²) in [4.78, 5) is 14.4. The Morgan fingerprint density at radius 2 is 1.90 bits per heavy atom. The van der Waals surface area contributed by atoms with Crippen molar-refractivity contribution in [3.05, 3.63) is 35.9 Å². The Balaban J connectivity index is 1.54. The van der Waals surface area contributed by atoms with Crippen LogP contribution in [0.1, 0.15) is 42.5 Å². The van der Waals surface area contributed by atoms with Crippen LogP contribution in [0, 0.1) is 0 Å². The minimum absolute atomic E-state index is 0.0492. The summed E-state index contributed by atoms with van der Waals surface area (Å²) in [5, 5.41) is 10.1. The van der Waals surface area contributed by atoms with Gasteiger partial charge in [-0.2, -0.15) is 0 Å². The molecule has 4 nitrogen and oxygen atoms in total. The Labute approximate surface area is 125 Å². The maximum absolute atomic E-state index is 12.1. The standard InChI is InChI=1S/C17H23NO3/c19-16-9-5-4-8-15(16)18-11-10-14(12-18)21-17(20)13-6-2-1-3-7-13/h1-3,6-7,14-16,19H,4-5,8-12H2/t14-,15-,16+/m1/s1. The van der Waals surface area contributed by atoms with Gasteiger partial charge in [-0.1, -0.05) is 31.0 Å². The molecular weight excluding hydrogens is 266 g/mol. The van der Waals surface area contributed by atoms with Crippen molar-refractivity contribution in [1.82, 2.24) is 4.90 Å². The van der Waals surface area contributed by atoms with Crippen molar-refractivity contribution < 1.29 is 14.6 Å². The third-order valence-electron chi connectivity index (χ3n) is 4.62. The number of hydrogen-bond donors (Lipinski definition) is 1. The van der Waals surface area contributed by atoms with Gasteiger partial charge in [0.25, 0.3) is 0 Å². The molecule has 0 unspecified atom stereocenters. The molecule has 2 fully saturated rings. The number of carbonyl (C=O) groups excluding carboxylic acids is 1. The van der Waals surface area contributed by atoms with Gasteiger partial charge in [0.1, 0.15) is 6.10 Å². The average molecular weight is 289 g/mol. The van der Waals surface area contributed by atoms with Crippen LogP contribution in [0.2, 0.25) is 0 Å². The number of benzene rings is 1. The molecule has 0 bridgehead atoms. The van der Waals surface area contributed by atoms with Crippen LogP contribution < -0.4 is 0 Å². The van der Waals surface area contributed by atoms with E-state index in [2.05, 4.69) is 4.90 Å². The molecule has 1 heterocycles. The molecule has 3 rings (SSSR count). The molecule has 1 aliphatic carbocycles. The zero-order chi connectivity index (χ0) is 14.7. The summed E-state index contributed by atoms with van der Waals surface area (Å²) in [7, 11) is 0. The normalized spacial score (nSPS) is 30.2. The smallest absolute Gasteiger partial charge is 0.338 e. The molecule has 0 aromatic heterocycles. The lowest BCUT2D eigenvalue weighted by molar-refractivity contribution is 0.0142. The van der Waals surface area contributed by atoms with Gasteiger partial charge in [-0.3, -0.25) is 4.90 Å². The van der Waals surface area contributed by atoms with Crippen LogP contribution in [0.25, 0.3) is 0 Å². The predicted molar refractivity (Wildman–Crippen MR) is 80.1 cm³/mol. The molecule has 4 heteroatoms. The summed E-state index contributed by atoms with van der Waals surface area (Å²) < 4.78 is 5.59. The topological polar surface area (TPSA) is 49.8 Å². The van der Waals surface area contributed by atoms with Crippen LogP contribution in [0.5, 0.6) is 0 Å². The number of esters is 1. The van der Waals surface area contributed by atoms with Gasteiger partial charge in [0.15, 0.2) is 0 Å². The number of hydrogen-bond acceptors (Lipinski definition) is 4. The molecule has 1 N–H and O–H groups in total. The van der Waals surface area contributed by atoms with Gasteiger partial charge >= 0.3 is 5.97 Å². The van der Waals surface area contributed by atoms with Gasteiger partial charge in [-0.05, 0) is 31.4 Å². The molecule has 21 heavy (non-hydrogen) atoms. The molecule has 1 saturated carbocycles. The van der Waals surface area contributed by atoms with Crippen LogP contribution in [-0.4, -0.2) is 47.3 Å². The second kappa shape index (κ2) is 6.58. The quantitative estimate of drug-likeness (QED) is 0.867. The summed E-state index contributed by atoms with van der Waals surface area (Å²) in [6.07, 6.45) is 4.86. The van der Waals surface area contributed by atoms with Crippen molar-refractivity contribution in [1.29, 1.82) is 0 Å². The van der Waals surface area contributed by atoms with Crippen molar-refractivity contribution >= 4 is 5.97 Å². The highest BCUT2D eigenvalue weighted by Crippen LogP contribution is 2.27. The molecule has 0 amide bonds. The fourth-order valence-electron chi connectivity index (χ4n) is 3.46. The molecule has 0 radical (unpaired) electrons. The van der Waals surface area contributed by atoms with E-state index in [1.165, 1.54) is 6.42 Å². The first kappa shape index (κ1) is 14.5. The van der Waals surface area contributed by atoms with Crippen LogP contribution in [-0.2, 0) is 4.74 Å². The van der Waals surface area contributed by atoms with Gasteiger partial charge in [0.05, 0.1) is 11.7 Å². The fraction of sp³-hybridized carbons (Fsp3) is 0.588. The van der Waals surface area contributed by atoms with E-state index in [9.17, 15) is 9.90 Å². The van der Waals surface area contributed by atoms with E-state index in [0.717, 1.165) is 38.8 Å². The molecule has 2 aliphatic rings. The molecule has 1 saturated heterocycles. The monoisotopic (exact) mass is 289 g/mol. The largest absolute Gasteiger partial charge is 0.457 e. The maximum Gasteiger partial charge on any atom is 0.338 e. The Hall–Kier alpha value is -1.39. The van der Waals surface area contributed by atoms with E-state index in [4.69, 9.17) is 4.74 Å². The van der Waals surface area contributed by atoms with Gasteiger partial charge in [0, 0.05) is 19.1 Å².